The van der Waals surface area contributed by atoms with Gasteiger partial charge in [-0.05, 0) is 38.6 Å². The second-order valence-electron chi connectivity index (χ2n) is 4.02. The highest BCUT2D eigenvalue weighted by molar-refractivity contribution is 6.30. The molecule has 84 valence electrons. The standard InChI is InChI=1S/C12H18ClNO/c1-9(15)8-14(3)10(2)11-5-4-6-12(13)7-11/h4-7,9-10,15H,8H2,1-3H3. The molecule has 1 N–H and O–H groups in total. The average Bonchev–Trinajstić information content (AvgIpc) is 2.15. The van der Waals surface area contributed by atoms with Crippen LogP contribution in [0.2, 0.25) is 5.02 Å². The zero-order valence-corrected chi connectivity index (χ0v) is 10.2. The van der Waals surface area contributed by atoms with Crippen LogP contribution in [-0.2, 0) is 0 Å². The molecule has 0 fully saturated rings. The molecule has 0 aliphatic heterocycles. The molecule has 0 bridgehead atoms. The highest BCUT2D eigenvalue weighted by Gasteiger charge is 2.13. The molecule has 0 spiro atoms. The van der Waals surface area contributed by atoms with Gasteiger partial charge in [0.25, 0.3) is 0 Å². The maximum absolute atomic E-state index is 9.31. The molecule has 2 unspecified atom stereocenters. The summed E-state index contributed by atoms with van der Waals surface area (Å²) in [4.78, 5) is 2.11. The number of nitrogens with zero attached hydrogens (tertiary/aromatic N) is 1. The lowest BCUT2D eigenvalue weighted by Crippen LogP contribution is -2.29. The SMILES string of the molecule is CC(O)CN(C)C(C)c1cccc(Cl)c1. The van der Waals surface area contributed by atoms with E-state index in [0.29, 0.717) is 6.54 Å². The van der Waals surface area contributed by atoms with Crippen molar-refractivity contribution in [1.82, 2.24) is 4.90 Å². The Balaban J connectivity index is 2.71. The van der Waals surface area contributed by atoms with Crippen molar-refractivity contribution in [2.45, 2.75) is 26.0 Å². The quantitative estimate of drug-likeness (QED) is 0.855. The van der Waals surface area contributed by atoms with Gasteiger partial charge < -0.3 is 5.11 Å². The summed E-state index contributed by atoms with van der Waals surface area (Å²) in [6, 6.07) is 8.09. The highest BCUT2D eigenvalue weighted by atomic mass is 35.5. The predicted molar refractivity (Wildman–Crippen MR) is 64.2 cm³/mol. The van der Waals surface area contributed by atoms with Gasteiger partial charge in [0.05, 0.1) is 6.10 Å². The number of halogens is 1. The summed E-state index contributed by atoms with van der Waals surface area (Å²) in [6.07, 6.45) is -0.309. The zero-order valence-electron chi connectivity index (χ0n) is 9.44. The largest absolute Gasteiger partial charge is 0.392 e. The molecular formula is C12H18ClNO. The number of benzene rings is 1. The molecule has 0 amide bonds. The Morgan fingerprint density at radius 3 is 2.60 bits per heavy atom. The van der Waals surface area contributed by atoms with Crippen molar-refractivity contribution in [1.29, 1.82) is 0 Å². The zero-order chi connectivity index (χ0) is 11.4. The summed E-state index contributed by atoms with van der Waals surface area (Å²) >= 11 is 5.93. The molecular weight excluding hydrogens is 210 g/mol. The van der Waals surface area contributed by atoms with Gasteiger partial charge in [0.15, 0.2) is 0 Å². The van der Waals surface area contributed by atoms with Gasteiger partial charge in [0.1, 0.15) is 0 Å². The molecule has 2 nitrogen and oxygen atoms in total. The van der Waals surface area contributed by atoms with Crippen molar-refractivity contribution in [2.24, 2.45) is 0 Å². The minimum Gasteiger partial charge on any atom is -0.392 e. The number of aliphatic hydroxyl groups is 1. The van der Waals surface area contributed by atoms with Crippen molar-refractivity contribution >= 4 is 11.6 Å². The molecule has 0 saturated heterocycles. The van der Waals surface area contributed by atoms with Crippen LogP contribution in [0, 0.1) is 0 Å². The second-order valence-corrected chi connectivity index (χ2v) is 4.46. The van der Waals surface area contributed by atoms with Crippen molar-refractivity contribution < 1.29 is 5.11 Å². The molecule has 0 aliphatic carbocycles. The van der Waals surface area contributed by atoms with Crippen molar-refractivity contribution in [3.05, 3.63) is 34.9 Å². The molecule has 3 heteroatoms. The van der Waals surface area contributed by atoms with Crippen LogP contribution in [0.25, 0.3) is 0 Å². The number of rotatable bonds is 4. The molecule has 1 rings (SSSR count). The third-order valence-electron chi connectivity index (χ3n) is 2.54. The Bertz CT molecular complexity index is 314. The van der Waals surface area contributed by atoms with E-state index in [9.17, 15) is 5.11 Å². The van der Waals surface area contributed by atoms with Gasteiger partial charge in [-0.2, -0.15) is 0 Å². The van der Waals surface area contributed by atoms with E-state index in [1.807, 2.05) is 25.2 Å². The summed E-state index contributed by atoms with van der Waals surface area (Å²) < 4.78 is 0. The van der Waals surface area contributed by atoms with E-state index in [1.54, 1.807) is 6.92 Å². The van der Waals surface area contributed by atoms with Gasteiger partial charge in [-0.1, -0.05) is 23.7 Å². The molecule has 15 heavy (non-hydrogen) atoms. The summed E-state index contributed by atoms with van der Waals surface area (Å²) in [5, 5.41) is 10.1. The number of hydrogen-bond acceptors (Lipinski definition) is 2. The molecule has 0 aromatic heterocycles. The van der Waals surface area contributed by atoms with Gasteiger partial charge in [-0.15, -0.1) is 0 Å². The molecule has 0 aliphatic rings. The summed E-state index contributed by atoms with van der Waals surface area (Å²) in [5.41, 5.74) is 1.17. The fraction of sp³-hybridized carbons (Fsp3) is 0.500. The maximum Gasteiger partial charge on any atom is 0.0639 e. The first kappa shape index (κ1) is 12.5. The van der Waals surface area contributed by atoms with Crippen molar-refractivity contribution in [3.63, 3.8) is 0 Å². The van der Waals surface area contributed by atoms with Crippen molar-refractivity contribution in [2.75, 3.05) is 13.6 Å². The van der Waals surface area contributed by atoms with Crippen LogP contribution in [0.1, 0.15) is 25.5 Å². The van der Waals surface area contributed by atoms with Gasteiger partial charge in [0.2, 0.25) is 0 Å². The van der Waals surface area contributed by atoms with E-state index in [1.165, 1.54) is 5.56 Å². The molecule has 0 radical (unpaired) electrons. The normalized spacial score (nSPS) is 15.3. The summed E-state index contributed by atoms with van der Waals surface area (Å²) in [6.45, 7) is 4.56. The highest BCUT2D eigenvalue weighted by Crippen LogP contribution is 2.21. The Hall–Kier alpha value is -0.570. The van der Waals surface area contributed by atoms with Gasteiger partial charge in [-0.25, -0.2) is 0 Å². The topological polar surface area (TPSA) is 23.5 Å². The lowest BCUT2D eigenvalue weighted by Gasteiger charge is -2.26. The van der Waals surface area contributed by atoms with Gasteiger partial charge in [-0.3, -0.25) is 4.90 Å². The minimum absolute atomic E-state index is 0.262. The minimum atomic E-state index is -0.309. The fourth-order valence-corrected chi connectivity index (χ4v) is 1.79. The maximum atomic E-state index is 9.31. The van der Waals surface area contributed by atoms with E-state index >= 15 is 0 Å². The third-order valence-corrected chi connectivity index (χ3v) is 2.78. The van der Waals surface area contributed by atoms with Crippen LogP contribution in [-0.4, -0.2) is 29.7 Å². The monoisotopic (exact) mass is 227 g/mol. The van der Waals surface area contributed by atoms with Crippen LogP contribution in [0.3, 0.4) is 0 Å². The molecule has 0 saturated carbocycles. The Morgan fingerprint density at radius 2 is 2.07 bits per heavy atom. The first-order chi connectivity index (χ1) is 7.00. The van der Waals surface area contributed by atoms with Crippen LogP contribution >= 0.6 is 11.6 Å². The fourth-order valence-electron chi connectivity index (χ4n) is 1.60. The molecule has 0 heterocycles. The Kier molecular flexibility index (Phi) is 4.58. The summed E-state index contributed by atoms with van der Waals surface area (Å²) in [7, 11) is 2.00. The molecule has 1 aromatic rings. The smallest absolute Gasteiger partial charge is 0.0639 e. The number of likely N-dealkylation sites (N-methyl/N-ethyl adjacent to an activating group) is 1. The van der Waals surface area contributed by atoms with Crippen LogP contribution in [0.15, 0.2) is 24.3 Å². The van der Waals surface area contributed by atoms with E-state index < -0.39 is 0 Å². The first-order valence-electron chi connectivity index (χ1n) is 5.14. The molecule has 1 aromatic carbocycles. The lowest BCUT2D eigenvalue weighted by molar-refractivity contribution is 0.122. The molecule has 2 atom stereocenters. The predicted octanol–water partition coefficient (Wildman–Crippen LogP) is 2.71. The Morgan fingerprint density at radius 1 is 1.40 bits per heavy atom. The van der Waals surface area contributed by atoms with Gasteiger partial charge >= 0.3 is 0 Å². The Labute approximate surface area is 96.5 Å². The van der Waals surface area contributed by atoms with Gasteiger partial charge in [0, 0.05) is 17.6 Å². The van der Waals surface area contributed by atoms with Crippen molar-refractivity contribution in [3.8, 4) is 0 Å². The number of aliphatic hydroxyl groups excluding tert-OH is 1. The second kappa shape index (κ2) is 5.50. The van der Waals surface area contributed by atoms with E-state index in [2.05, 4.69) is 17.9 Å². The van der Waals surface area contributed by atoms with E-state index in [-0.39, 0.29) is 12.1 Å². The summed E-state index contributed by atoms with van der Waals surface area (Å²) in [5.74, 6) is 0. The average molecular weight is 228 g/mol. The number of hydrogen-bond donors (Lipinski definition) is 1. The first-order valence-corrected chi connectivity index (χ1v) is 5.52. The van der Waals surface area contributed by atoms with Crippen LogP contribution in [0.4, 0.5) is 0 Å². The van der Waals surface area contributed by atoms with E-state index in [4.69, 9.17) is 11.6 Å². The lowest BCUT2D eigenvalue weighted by atomic mass is 10.1. The van der Waals surface area contributed by atoms with Crippen LogP contribution in [0.5, 0.6) is 0 Å². The van der Waals surface area contributed by atoms with Crippen LogP contribution < -0.4 is 0 Å². The van der Waals surface area contributed by atoms with E-state index in [0.717, 1.165) is 5.02 Å². The third kappa shape index (κ3) is 3.82.